The average Bonchev–Trinajstić information content (AvgIpc) is 3.35. The van der Waals surface area contributed by atoms with Crippen LogP contribution in [0.15, 0.2) is 53.6 Å². The van der Waals surface area contributed by atoms with Gasteiger partial charge in [0.1, 0.15) is 16.5 Å². The van der Waals surface area contributed by atoms with Crippen LogP contribution in [-0.4, -0.2) is 43.3 Å². The van der Waals surface area contributed by atoms with Crippen LogP contribution in [-0.2, 0) is 22.4 Å². The zero-order valence-electron chi connectivity index (χ0n) is 23.5. The number of ether oxygens (including phenoxy) is 3. The molecule has 1 unspecified atom stereocenters. The third kappa shape index (κ3) is 7.94. The highest BCUT2D eigenvalue weighted by molar-refractivity contribution is 7.17. The van der Waals surface area contributed by atoms with E-state index in [0.717, 1.165) is 53.9 Å². The zero-order chi connectivity index (χ0) is 29.2. The lowest BCUT2D eigenvalue weighted by atomic mass is 9.95. The van der Waals surface area contributed by atoms with Gasteiger partial charge >= 0.3 is 5.97 Å². The number of carbonyl (C=O) groups is 3. The van der Waals surface area contributed by atoms with Crippen molar-refractivity contribution in [3.05, 3.63) is 75.7 Å². The molecule has 2 N–H and O–H groups in total. The first-order valence-electron chi connectivity index (χ1n) is 13.8. The molecule has 2 aromatic carbocycles. The van der Waals surface area contributed by atoms with E-state index in [0.29, 0.717) is 28.5 Å². The van der Waals surface area contributed by atoms with Crippen molar-refractivity contribution >= 4 is 40.3 Å². The van der Waals surface area contributed by atoms with Gasteiger partial charge in [0.15, 0.2) is 6.10 Å². The summed E-state index contributed by atoms with van der Waals surface area (Å²) < 4.78 is 16.5. The molecule has 1 heterocycles. The van der Waals surface area contributed by atoms with Gasteiger partial charge in [0.05, 0.1) is 25.0 Å². The molecule has 1 aliphatic rings. The first-order valence-corrected chi connectivity index (χ1v) is 14.7. The van der Waals surface area contributed by atoms with Gasteiger partial charge in [-0.15, -0.1) is 11.3 Å². The van der Waals surface area contributed by atoms with Gasteiger partial charge in [-0.3, -0.25) is 9.59 Å². The highest BCUT2D eigenvalue weighted by atomic mass is 32.1. The summed E-state index contributed by atoms with van der Waals surface area (Å²) in [5, 5.41) is 7.42. The second-order valence-corrected chi connectivity index (χ2v) is 10.6. The number of hydrazone groups is 1. The maximum absolute atomic E-state index is 13.0. The monoisotopic (exact) mass is 577 g/mol. The lowest BCUT2D eigenvalue weighted by Gasteiger charge is -2.13. The van der Waals surface area contributed by atoms with Crippen LogP contribution in [0.2, 0.25) is 0 Å². The predicted molar refractivity (Wildman–Crippen MR) is 159 cm³/mol. The molecule has 0 saturated heterocycles. The first kappa shape index (κ1) is 29.8. The maximum atomic E-state index is 13.0. The fourth-order valence-electron chi connectivity index (χ4n) is 4.32. The number of benzene rings is 2. The minimum Gasteiger partial charge on any atom is -0.494 e. The van der Waals surface area contributed by atoms with E-state index < -0.39 is 18.0 Å². The van der Waals surface area contributed by atoms with Crippen LogP contribution < -0.4 is 20.2 Å². The van der Waals surface area contributed by atoms with Crippen molar-refractivity contribution in [3.63, 3.8) is 0 Å². The van der Waals surface area contributed by atoms with Crippen molar-refractivity contribution in [2.45, 2.75) is 59.0 Å². The first-order chi connectivity index (χ1) is 19.9. The second-order valence-electron chi connectivity index (χ2n) is 9.53. The number of nitrogens with zero attached hydrogens (tertiary/aromatic N) is 1. The van der Waals surface area contributed by atoms with E-state index in [2.05, 4.69) is 15.8 Å². The van der Waals surface area contributed by atoms with Crippen LogP contribution in [0.25, 0.3) is 0 Å². The number of aryl methyl sites for hydroxylation is 1. The molecule has 1 aromatic heterocycles. The fourth-order valence-corrected chi connectivity index (χ4v) is 5.59. The van der Waals surface area contributed by atoms with Gasteiger partial charge in [-0.25, -0.2) is 10.2 Å². The van der Waals surface area contributed by atoms with Crippen molar-refractivity contribution in [2.75, 3.05) is 18.5 Å². The molecule has 1 atom stereocenters. The summed E-state index contributed by atoms with van der Waals surface area (Å²) in [5.74, 6) is 0.0437. The Morgan fingerprint density at radius 1 is 1.00 bits per heavy atom. The van der Waals surface area contributed by atoms with Crippen molar-refractivity contribution in [3.8, 4) is 11.5 Å². The topological polar surface area (TPSA) is 115 Å². The van der Waals surface area contributed by atoms with Crippen molar-refractivity contribution < 1.29 is 28.6 Å². The summed E-state index contributed by atoms with van der Waals surface area (Å²) in [4.78, 5) is 39.3. The van der Waals surface area contributed by atoms with E-state index in [1.54, 1.807) is 44.3 Å². The summed E-state index contributed by atoms with van der Waals surface area (Å²) >= 11 is 1.44. The van der Waals surface area contributed by atoms with Crippen molar-refractivity contribution in [2.24, 2.45) is 5.10 Å². The number of carbonyl (C=O) groups excluding carboxylic acids is 3. The second kappa shape index (κ2) is 14.5. The highest BCUT2D eigenvalue weighted by Gasteiger charge is 2.27. The molecule has 9 nitrogen and oxygen atoms in total. The molecular weight excluding hydrogens is 542 g/mol. The van der Waals surface area contributed by atoms with Crippen LogP contribution in [0.3, 0.4) is 0 Å². The van der Waals surface area contributed by atoms with Gasteiger partial charge in [0, 0.05) is 10.4 Å². The molecule has 0 radical (unpaired) electrons. The van der Waals surface area contributed by atoms with E-state index in [1.807, 2.05) is 31.2 Å². The summed E-state index contributed by atoms with van der Waals surface area (Å²) in [6, 6.07) is 13.9. The highest BCUT2D eigenvalue weighted by Crippen LogP contribution is 2.38. The largest absolute Gasteiger partial charge is 0.494 e. The van der Waals surface area contributed by atoms with E-state index in [4.69, 9.17) is 14.2 Å². The zero-order valence-corrected chi connectivity index (χ0v) is 24.3. The number of thiophene rings is 1. The smallest absolute Gasteiger partial charge is 0.341 e. The summed E-state index contributed by atoms with van der Waals surface area (Å²) in [7, 11) is 0. The number of rotatable bonds is 12. The minimum absolute atomic E-state index is 0.268. The van der Waals surface area contributed by atoms with Gasteiger partial charge < -0.3 is 19.5 Å². The molecule has 0 saturated carbocycles. The Balaban J connectivity index is 1.31. The van der Waals surface area contributed by atoms with Crippen LogP contribution in [0, 0.1) is 0 Å². The number of hydrogen-bond acceptors (Lipinski definition) is 8. The van der Waals surface area contributed by atoms with Crippen LogP contribution in [0.5, 0.6) is 11.5 Å². The molecule has 0 aliphatic heterocycles. The Hall–Kier alpha value is -4.18. The molecule has 216 valence electrons. The Morgan fingerprint density at radius 2 is 1.71 bits per heavy atom. The van der Waals surface area contributed by atoms with Crippen LogP contribution >= 0.6 is 11.3 Å². The summed E-state index contributed by atoms with van der Waals surface area (Å²) in [6.45, 7) is 6.35. The van der Waals surface area contributed by atoms with Crippen LogP contribution in [0.4, 0.5) is 5.00 Å². The van der Waals surface area contributed by atoms with E-state index >= 15 is 0 Å². The molecule has 0 bridgehead atoms. The average molecular weight is 578 g/mol. The Morgan fingerprint density at radius 3 is 2.41 bits per heavy atom. The summed E-state index contributed by atoms with van der Waals surface area (Å²) in [6.07, 6.45) is 5.44. The molecule has 41 heavy (non-hydrogen) atoms. The number of nitrogens with one attached hydrogen (secondary N) is 2. The lowest BCUT2D eigenvalue weighted by molar-refractivity contribution is -0.127. The van der Waals surface area contributed by atoms with E-state index in [1.165, 1.54) is 11.3 Å². The number of hydrogen-bond donors (Lipinski definition) is 2. The number of fused-ring (bicyclic) bond motifs is 1. The maximum Gasteiger partial charge on any atom is 0.341 e. The summed E-state index contributed by atoms with van der Waals surface area (Å²) in [5.41, 5.74) is 5.15. The predicted octanol–water partition coefficient (Wildman–Crippen LogP) is 5.76. The van der Waals surface area contributed by atoms with Crippen LogP contribution in [0.1, 0.15) is 76.8 Å². The van der Waals surface area contributed by atoms with Crippen molar-refractivity contribution in [1.29, 1.82) is 0 Å². The molecule has 2 amide bonds. The quantitative estimate of drug-likeness (QED) is 0.161. The third-order valence-corrected chi connectivity index (χ3v) is 7.63. The Labute approximate surface area is 243 Å². The van der Waals surface area contributed by atoms with Crippen molar-refractivity contribution in [1.82, 2.24) is 5.43 Å². The third-order valence-electron chi connectivity index (χ3n) is 6.42. The van der Waals surface area contributed by atoms with Gasteiger partial charge in [-0.05, 0) is 106 Å². The normalized spacial score (nSPS) is 13.2. The standard InChI is InChI=1S/C31H35N3O6S/c1-4-18-39-23-14-10-21(11-15-23)19-32-34-28(35)20(3)40-24-16-12-22(13-17-24)29(36)33-30-27(31(37)38-5-2)25-8-6-7-9-26(25)41-30/h10-17,19-20H,4-9,18H2,1-3H3,(H,33,36)(H,34,35). The molecule has 4 rings (SSSR count). The molecular formula is C31H35N3O6S. The van der Waals surface area contributed by atoms with E-state index in [-0.39, 0.29) is 12.5 Å². The lowest BCUT2D eigenvalue weighted by Crippen LogP contribution is -2.33. The SMILES string of the molecule is CCCOc1ccc(C=NNC(=O)C(C)Oc2ccc(C(=O)Nc3sc4c(c3C(=O)OCC)CCCC4)cc2)cc1. The fraction of sp³-hybridized carbons (Fsp3) is 0.355. The van der Waals surface area contributed by atoms with Gasteiger partial charge in [0.2, 0.25) is 0 Å². The molecule has 1 aliphatic carbocycles. The van der Waals surface area contributed by atoms with Gasteiger partial charge in [-0.2, -0.15) is 5.10 Å². The molecule has 0 spiro atoms. The Bertz CT molecular complexity index is 1380. The minimum atomic E-state index is -0.818. The number of esters is 1. The molecule has 10 heteroatoms. The van der Waals surface area contributed by atoms with E-state index in [9.17, 15) is 14.4 Å². The van der Waals surface area contributed by atoms with Gasteiger partial charge in [0.25, 0.3) is 11.8 Å². The Kier molecular flexibility index (Phi) is 10.5. The number of anilines is 1. The molecule has 3 aromatic rings. The van der Waals surface area contributed by atoms with Gasteiger partial charge in [-0.1, -0.05) is 6.92 Å². The number of amides is 2. The molecule has 0 fully saturated rings.